The third-order valence-electron chi connectivity index (χ3n) is 7.19. The van der Waals surface area contributed by atoms with Crippen molar-refractivity contribution >= 4 is 0 Å². The van der Waals surface area contributed by atoms with Gasteiger partial charge in [0, 0.05) is 31.1 Å². The number of benzene rings is 1. The van der Waals surface area contributed by atoms with Gasteiger partial charge in [0.1, 0.15) is 18.8 Å². The molecule has 0 bridgehead atoms. The van der Waals surface area contributed by atoms with Crippen LogP contribution in [0.1, 0.15) is 51.7 Å². The van der Waals surface area contributed by atoms with Gasteiger partial charge >= 0.3 is 0 Å². The summed E-state index contributed by atoms with van der Waals surface area (Å²) >= 11 is 0. The van der Waals surface area contributed by atoms with Crippen molar-refractivity contribution in [3.63, 3.8) is 0 Å². The number of ether oxygens (including phenoxy) is 1. The van der Waals surface area contributed by atoms with E-state index in [1.165, 1.54) is 16.7 Å². The maximum absolute atomic E-state index is 10.9. The van der Waals surface area contributed by atoms with Gasteiger partial charge in [0.15, 0.2) is 0 Å². The van der Waals surface area contributed by atoms with Crippen molar-refractivity contribution in [3.05, 3.63) is 58.3 Å². The standard InChI is InChI=1S/C27H41NO5/c1-5-19-6-8-20(9-7-19)15-28-12-10-22(17(2)3)23(28)14-21(11-13-29)27-26(32)18(4)25(31)24(16-30)33-27/h6-9,14,17-18,24-27,29-32H,5,10-13,15-16H2,1-4H3/p+1/b21-14+/t18-,24?,25-,26+,27?/m0/s1. The number of nitrogens with zero attached hydrogens (tertiary/aromatic N) is 1. The molecule has 184 valence electrons. The SMILES string of the molecule is CCc1ccc(CN2CCC(C(C)C)=C2/C=C(\CC[OH2+])C2OC(CO)[C@@H](O)[C@H](C)[C@H]2O)cc1. The first-order valence-electron chi connectivity index (χ1n) is 12.3. The van der Waals surface area contributed by atoms with Gasteiger partial charge in [-0.3, -0.25) is 0 Å². The molecule has 5 N–H and O–H groups in total. The van der Waals surface area contributed by atoms with Gasteiger partial charge in [-0.25, -0.2) is 0 Å². The minimum atomic E-state index is -0.919. The number of aliphatic hydroxyl groups excluding tert-OH is 3. The van der Waals surface area contributed by atoms with E-state index in [1.807, 2.05) is 0 Å². The largest absolute Gasteiger partial charge is 0.445 e. The summed E-state index contributed by atoms with van der Waals surface area (Å²) in [7, 11) is 0. The van der Waals surface area contributed by atoms with Crippen molar-refractivity contribution < 1.29 is 25.2 Å². The normalized spacial score (nSPS) is 28.8. The van der Waals surface area contributed by atoms with Gasteiger partial charge in [0.2, 0.25) is 0 Å². The molecule has 0 aromatic heterocycles. The van der Waals surface area contributed by atoms with Crippen molar-refractivity contribution in [1.29, 1.82) is 0 Å². The second-order valence-corrected chi connectivity index (χ2v) is 9.74. The Morgan fingerprint density at radius 3 is 2.42 bits per heavy atom. The zero-order chi connectivity index (χ0) is 24.1. The van der Waals surface area contributed by atoms with Crippen LogP contribution in [0.25, 0.3) is 0 Å². The highest BCUT2D eigenvalue weighted by atomic mass is 16.5. The maximum Gasteiger partial charge on any atom is 0.147 e. The second-order valence-electron chi connectivity index (χ2n) is 9.74. The highest BCUT2D eigenvalue weighted by molar-refractivity contribution is 5.36. The van der Waals surface area contributed by atoms with E-state index in [4.69, 9.17) is 9.84 Å². The molecule has 1 saturated heterocycles. The summed E-state index contributed by atoms with van der Waals surface area (Å²) in [6.07, 6.45) is 1.42. The van der Waals surface area contributed by atoms with E-state index >= 15 is 0 Å². The molecule has 2 heterocycles. The van der Waals surface area contributed by atoms with Crippen LogP contribution >= 0.6 is 0 Å². The van der Waals surface area contributed by atoms with Crippen LogP contribution < -0.4 is 0 Å². The number of aryl methyl sites for hydroxylation is 1. The highest BCUT2D eigenvalue weighted by Gasteiger charge is 2.43. The van der Waals surface area contributed by atoms with Crippen LogP contribution in [-0.4, -0.2) is 69.5 Å². The monoisotopic (exact) mass is 460 g/mol. The Labute approximate surface area is 198 Å². The van der Waals surface area contributed by atoms with Gasteiger partial charge in [-0.05, 0) is 47.1 Å². The third kappa shape index (κ3) is 5.87. The Balaban J connectivity index is 1.94. The van der Waals surface area contributed by atoms with Crippen molar-refractivity contribution in [2.75, 3.05) is 19.8 Å². The number of allylic oxidation sites excluding steroid dienone is 1. The molecule has 0 saturated carbocycles. The minimum Gasteiger partial charge on any atom is -0.445 e. The van der Waals surface area contributed by atoms with Crippen LogP contribution in [0.3, 0.4) is 0 Å². The zero-order valence-corrected chi connectivity index (χ0v) is 20.5. The van der Waals surface area contributed by atoms with Gasteiger partial charge in [-0.2, -0.15) is 0 Å². The fourth-order valence-corrected chi connectivity index (χ4v) is 4.98. The van der Waals surface area contributed by atoms with E-state index in [1.54, 1.807) is 6.92 Å². The summed E-state index contributed by atoms with van der Waals surface area (Å²) in [6, 6.07) is 8.77. The highest BCUT2D eigenvalue weighted by Crippen LogP contribution is 2.35. The molecule has 5 atom stereocenters. The Kier molecular flexibility index (Phi) is 9.13. The van der Waals surface area contributed by atoms with E-state index in [0.717, 1.165) is 37.2 Å². The smallest absolute Gasteiger partial charge is 0.147 e. The molecular weight excluding hydrogens is 418 g/mol. The Hall–Kier alpha value is -1.70. The molecule has 33 heavy (non-hydrogen) atoms. The van der Waals surface area contributed by atoms with E-state index in [2.05, 4.69) is 56.0 Å². The molecule has 0 radical (unpaired) electrons. The molecule has 2 aliphatic rings. The van der Waals surface area contributed by atoms with Crippen LogP contribution in [0.4, 0.5) is 0 Å². The average molecular weight is 461 g/mol. The first kappa shape index (κ1) is 25.9. The lowest BCUT2D eigenvalue weighted by molar-refractivity contribution is -0.194. The van der Waals surface area contributed by atoms with Gasteiger partial charge < -0.3 is 30.1 Å². The first-order valence-corrected chi connectivity index (χ1v) is 12.3. The summed E-state index contributed by atoms with van der Waals surface area (Å²) < 4.78 is 5.99. The number of rotatable bonds is 9. The summed E-state index contributed by atoms with van der Waals surface area (Å²) in [5.74, 6) is -0.0329. The lowest BCUT2D eigenvalue weighted by Crippen LogP contribution is -2.55. The summed E-state index contributed by atoms with van der Waals surface area (Å²) in [5.41, 5.74) is 5.98. The van der Waals surface area contributed by atoms with Crippen LogP contribution in [-0.2, 0) is 17.7 Å². The molecule has 0 spiro atoms. The molecule has 6 nitrogen and oxygen atoms in total. The van der Waals surface area contributed by atoms with E-state index < -0.39 is 30.3 Å². The second kappa shape index (κ2) is 11.6. The molecule has 0 amide bonds. The lowest BCUT2D eigenvalue weighted by atomic mass is 9.84. The van der Waals surface area contributed by atoms with E-state index in [0.29, 0.717) is 12.3 Å². The Bertz CT molecular complexity index is 829. The predicted molar refractivity (Wildman–Crippen MR) is 131 cm³/mol. The predicted octanol–water partition coefficient (Wildman–Crippen LogP) is 2.52. The minimum absolute atomic E-state index is 0.182. The average Bonchev–Trinajstić information content (AvgIpc) is 3.20. The molecule has 1 fully saturated rings. The molecule has 1 aromatic rings. The van der Waals surface area contributed by atoms with E-state index in [9.17, 15) is 15.3 Å². The molecule has 3 rings (SSSR count). The summed E-state index contributed by atoms with van der Waals surface area (Å²) in [6.45, 7) is 9.98. The van der Waals surface area contributed by atoms with Gasteiger partial charge in [0.25, 0.3) is 0 Å². The van der Waals surface area contributed by atoms with Crippen molar-refractivity contribution in [2.45, 2.75) is 77.9 Å². The topological polar surface area (TPSA) is 96.1 Å². The third-order valence-corrected chi connectivity index (χ3v) is 7.19. The summed E-state index contributed by atoms with van der Waals surface area (Å²) in [4.78, 5) is 2.39. The summed E-state index contributed by atoms with van der Waals surface area (Å²) in [5, 5.41) is 38.8. The number of hydrogen-bond donors (Lipinski definition) is 3. The van der Waals surface area contributed by atoms with Gasteiger partial charge in [-0.1, -0.05) is 52.0 Å². The molecule has 1 aromatic carbocycles. The van der Waals surface area contributed by atoms with Gasteiger partial charge in [0.05, 0.1) is 18.8 Å². The van der Waals surface area contributed by atoms with Crippen molar-refractivity contribution in [3.8, 4) is 0 Å². The van der Waals surface area contributed by atoms with E-state index in [-0.39, 0.29) is 13.2 Å². The quantitative estimate of drug-likeness (QED) is 0.492. The van der Waals surface area contributed by atoms with Crippen molar-refractivity contribution in [1.82, 2.24) is 4.90 Å². The Morgan fingerprint density at radius 1 is 1.18 bits per heavy atom. The molecule has 6 heteroatoms. The lowest BCUT2D eigenvalue weighted by Gasteiger charge is -2.42. The van der Waals surface area contributed by atoms with Crippen molar-refractivity contribution in [2.24, 2.45) is 11.8 Å². The van der Waals surface area contributed by atoms with Crippen LogP contribution in [0.5, 0.6) is 0 Å². The fraction of sp³-hybridized carbons (Fsp3) is 0.630. The fourth-order valence-electron chi connectivity index (χ4n) is 4.98. The van der Waals surface area contributed by atoms with Crippen LogP contribution in [0, 0.1) is 11.8 Å². The first-order chi connectivity index (χ1) is 15.8. The number of hydrogen-bond acceptors (Lipinski definition) is 5. The molecule has 2 aliphatic heterocycles. The number of aliphatic hydroxyl groups is 3. The molecule has 0 aliphatic carbocycles. The van der Waals surface area contributed by atoms with Crippen LogP contribution in [0.15, 0.2) is 47.2 Å². The maximum atomic E-state index is 10.9. The van der Waals surface area contributed by atoms with Crippen LogP contribution in [0.2, 0.25) is 0 Å². The zero-order valence-electron chi connectivity index (χ0n) is 20.5. The molecule has 2 unspecified atom stereocenters. The Morgan fingerprint density at radius 2 is 1.85 bits per heavy atom. The van der Waals surface area contributed by atoms with Gasteiger partial charge in [-0.15, -0.1) is 0 Å². The molecular formula is C27H42NO5+.